The van der Waals surface area contributed by atoms with Gasteiger partial charge in [-0.1, -0.05) is 6.07 Å². The molecule has 1 aromatic rings. The molecule has 0 spiro atoms. The Kier molecular flexibility index (Phi) is 3.23. The zero-order valence-corrected chi connectivity index (χ0v) is 8.27. The van der Waals surface area contributed by atoms with E-state index in [4.69, 9.17) is 5.73 Å². The number of hydrogen-bond acceptors (Lipinski definition) is 3. The maximum Gasteiger partial charge on any atom is 0.264 e. The summed E-state index contributed by atoms with van der Waals surface area (Å²) in [5, 5.41) is 0. The van der Waals surface area contributed by atoms with Crippen LogP contribution < -0.4 is 5.73 Å². The van der Waals surface area contributed by atoms with Gasteiger partial charge >= 0.3 is 0 Å². The molecule has 0 atom stereocenters. The van der Waals surface area contributed by atoms with E-state index in [-0.39, 0.29) is 5.91 Å². The van der Waals surface area contributed by atoms with E-state index < -0.39 is 0 Å². The van der Waals surface area contributed by atoms with Crippen LogP contribution in [0.5, 0.6) is 0 Å². The summed E-state index contributed by atoms with van der Waals surface area (Å²) in [7, 11) is 3.35. The van der Waals surface area contributed by atoms with Crippen LogP contribution in [0.4, 0.5) is 11.4 Å². The van der Waals surface area contributed by atoms with Gasteiger partial charge in [0.2, 0.25) is 0 Å². The first-order valence-corrected chi connectivity index (χ1v) is 4.20. The van der Waals surface area contributed by atoms with Crippen LogP contribution in [0.1, 0.15) is 0 Å². The second-order valence-electron chi connectivity index (χ2n) is 3.09. The molecule has 2 N–H and O–H groups in total. The molecule has 1 amide bonds. The van der Waals surface area contributed by atoms with Crippen molar-refractivity contribution in [2.45, 2.75) is 0 Å². The van der Waals surface area contributed by atoms with Gasteiger partial charge in [0.05, 0.1) is 11.9 Å². The summed E-state index contributed by atoms with van der Waals surface area (Å²) in [5.41, 5.74) is 6.87. The molecule has 1 aromatic carbocycles. The van der Waals surface area contributed by atoms with E-state index in [9.17, 15) is 4.79 Å². The second-order valence-corrected chi connectivity index (χ2v) is 3.09. The Morgan fingerprint density at radius 3 is 2.79 bits per heavy atom. The molecular formula is C10H13N3O. The van der Waals surface area contributed by atoms with Gasteiger partial charge in [0.15, 0.2) is 0 Å². The second kappa shape index (κ2) is 4.41. The maximum atomic E-state index is 11.1. The number of amides is 1. The van der Waals surface area contributed by atoms with Crippen molar-refractivity contribution in [1.82, 2.24) is 4.90 Å². The molecule has 0 aliphatic rings. The highest BCUT2D eigenvalue weighted by Gasteiger charge is 1.97. The number of nitrogens with two attached hydrogens (primary N) is 1. The summed E-state index contributed by atoms with van der Waals surface area (Å²) in [6.45, 7) is 0. The van der Waals surface area contributed by atoms with Gasteiger partial charge < -0.3 is 10.6 Å². The molecule has 0 heterocycles. The van der Waals surface area contributed by atoms with Crippen molar-refractivity contribution in [1.29, 1.82) is 0 Å². The predicted octanol–water partition coefficient (Wildman–Crippen LogP) is 1.06. The molecule has 0 saturated carbocycles. The minimum absolute atomic E-state index is 0.146. The Balaban J connectivity index is 2.74. The van der Waals surface area contributed by atoms with Crippen LogP contribution >= 0.6 is 0 Å². The highest BCUT2D eigenvalue weighted by Crippen LogP contribution is 2.14. The zero-order chi connectivity index (χ0) is 10.6. The van der Waals surface area contributed by atoms with Crippen LogP contribution in [0.15, 0.2) is 29.3 Å². The van der Waals surface area contributed by atoms with Crippen molar-refractivity contribution in [3.63, 3.8) is 0 Å². The van der Waals surface area contributed by atoms with Gasteiger partial charge in [-0.05, 0) is 18.2 Å². The van der Waals surface area contributed by atoms with Gasteiger partial charge in [0.25, 0.3) is 5.91 Å². The normalized spacial score (nSPS) is 10.4. The molecule has 4 nitrogen and oxygen atoms in total. The predicted molar refractivity (Wildman–Crippen MR) is 57.7 cm³/mol. The van der Waals surface area contributed by atoms with Gasteiger partial charge in [-0.25, -0.2) is 0 Å². The molecule has 4 heteroatoms. The number of carbonyl (C=O) groups excluding carboxylic acids is 1. The molecule has 0 saturated heterocycles. The van der Waals surface area contributed by atoms with Crippen LogP contribution in [0, 0.1) is 0 Å². The highest BCUT2D eigenvalue weighted by atomic mass is 16.2. The number of aliphatic imine (C=N–C) groups is 1. The van der Waals surface area contributed by atoms with Crippen molar-refractivity contribution >= 4 is 23.5 Å². The Morgan fingerprint density at radius 2 is 2.21 bits per heavy atom. The fraction of sp³-hybridized carbons (Fsp3) is 0.200. The lowest BCUT2D eigenvalue weighted by molar-refractivity contribution is -0.121. The fourth-order valence-corrected chi connectivity index (χ4v) is 0.850. The molecule has 1 rings (SSSR count). The van der Waals surface area contributed by atoms with E-state index in [0.717, 1.165) is 0 Å². The first-order chi connectivity index (χ1) is 6.59. The van der Waals surface area contributed by atoms with E-state index in [1.807, 2.05) is 0 Å². The maximum absolute atomic E-state index is 11.1. The van der Waals surface area contributed by atoms with Crippen molar-refractivity contribution < 1.29 is 4.79 Å². The van der Waals surface area contributed by atoms with Gasteiger partial charge in [-0.15, -0.1) is 0 Å². The third kappa shape index (κ3) is 2.90. The summed E-state index contributed by atoms with van der Waals surface area (Å²) in [6, 6.07) is 7.06. The molecule has 74 valence electrons. The third-order valence-corrected chi connectivity index (χ3v) is 1.64. The molecule has 0 unspecified atom stereocenters. The molecule has 0 aliphatic heterocycles. The number of rotatable bonds is 2. The van der Waals surface area contributed by atoms with Crippen molar-refractivity contribution in [2.75, 3.05) is 19.8 Å². The minimum Gasteiger partial charge on any atom is -0.399 e. The monoisotopic (exact) mass is 191 g/mol. The lowest BCUT2D eigenvalue weighted by Crippen LogP contribution is -2.22. The molecular weight excluding hydrogens is 178 g/mol. The van der Waals surface area contributed by atoms with Crippen molar-refractivity contribution in [3.8, 4) is 0 Å². The SMILES string of the molecule is CN(C)C(=O)C=Nc1cccc(N)c1. The first kappa shape index (κ1) is 10.2. The minimum atomic E-state index is -0.146. The van der Waals surface area contributed by atoms with Crippen molar-refractivity contribution in [3.05, 3.63) is 24.3 Å². The van der Waals surface area contributed by atoms with Crippen LogP contribution in [-0.2, 0) is 4.79 Å². The van der Waals surface area contributed by atoms with E-state index in [2.05, 4.69) is 4.99 Å². The van der Waals surface area contributed by atoms with Crippen LogP contribution in [-0.4, -0.2) is 31.1 Å². The molecule has 0 fully saturated rings. The molecule has 0 aromatic heterocycles. The quantitative estimate of drug-likeness (QED) is 0.561. The average Bonchev–Trinajstić information content (AvgIpc) is 2.14. The van der Waals surface area contributed by atoms with Crippen LogP contribution in [0.3, 0.4) is 0 Å². The van der Waals surface area contributed by atoms with E-state index >= 15 is 0 Å². The summed E-state index contributed by atoms with van der Waals surface area (Å²) >= 11 is 0. The first-order valence-electron chi connectivity index (χ1n) is 4.20. The Morgan fingerprint density at radius 1 is 1.50 bits per heavy atom. The average molecular weight is 191 g/mol. The highest BCUT2D eigenvalue weighted by molar-refractivity contribution is 6.26. The van der Waals surface area contributed by atoms with E-state index in [1.54, 1.807) is 38.4 Å². The lowest BCUT2D eigenvalue weighted by atomic mass is 10.3. The van der Waals surface area contributed by atoms with Crippen LogP contribution in [0.2, 0.25) is 0 Å². The van der Waals surface area contributed by atoms with Crippen molar-refractivity contribution in [2.24, 2.45) is 4.99 Å². The fourth-order valence-electron chi connectivity index (χ4n) is 0.850. The number of nitrogen functional groups attached to an aromatic ring is 1. The number of anilines is 1. The Hall–Kier alpha value is -1.84. The molecule has 0 bridgehead atoms. The summed E-state index contributed by atoms with van der Waals surface area (Å²) < 4.78 is 0. The standard InChI is InChI=1S/C10H13N3O/c1-13(2)10(14)7-12-9-5-3-4-8(11)6-9/h3-7H,11H2,1-2H3. The summed E-state index contributed by atoms with van der Waals surface area (Å²) in [6.07, 6.45) is 1.27. The van der Waals surface area contributed by atoms with Gasteiger partial charge in [0.1, 0.15) is 0 Å². The topological polar surface area (TPSA) is 58.7 Å². The van der Waals surface area contributed by atoms with E-state index in [1.165, 1.54) is 11.1 Å². The smallest absolute Gasteiger partial charge is 0.264 e. The summed E-state index contributed by atoms with van der Waals surface area (Å²) in [5.74, 6) is -0.146. The number of nitrogens with zero attached hydrogens (tertiary/aromatic N) is 2. The molecule has 14 heavy (non-hydrogen) atoms. The molecule has 0 aliphatic carbocycles. The van der Waals surface area contributed by atoms with Gasteiger partial charge in [-0.2, -0.15) is 0 Å². The Labute approximate surface area is 83.0 Å². The largest absolute Gasteiger partial charge is 0.399 e. The molecule has 0 radical (unpaired) electrons. The number of benzene rings is 1. The lowest BCUT2D eigenvalue weighted by Gasteiger charge is -2.04. The summed E-state index contributed by atoms with van der Waals surface area (Å²) in [4.78, 5) is 16.6. The van der Waals surface area contributed by atoms with Gasteiger partial charge in [0, 0.05) is 19.8 Å². The van der Waals surface area contributed by atoms with E-state index in [0.29, 0.717) is 11.4 Å². The van der Waals surface area contributed by atoms with Crippen LogP contribution in [0.25, 0.3) is 0 Å². The zero-order valence-electron chi connectivity index (χ0n) is 8.27. The van der Waals surface area contributed by atoms with Gasteiger partial charge in [-0.3, -0.25) is 9.79 Å². The number of hydrogen-bond donors (Lipinski definition) is 1. The Bertz CT molecular complexity index is 358. The number of carbonyl (C=O) groups is 1. The third-order valence-electron chi connectivity index (χ3n) is 1.64.